The van der Waals surface area contributed by atoms with E-state index in [0.29, 0.717) is 12.2 Å². The average Bonchev–Trinajstić information content (AvgIpc) is 2.96. The van der Waals surface area contributed by atoms with E-state index in [-0.39, 0.29) is 30.5 Å². The van der Waals surface area contributed by atoms with Gasteiger partial charge in [-0.2, -0.15) is 4.98 Å². The largest absolute Gasteiger partial charge is 0.377 e. The maximum atomic E-state index is 12.1. The Morgan fingerprint density at radius 2 is 2.45 bits per heavy atom. The van der Waals surface area contributed by atoms with E-state index >= 15 is 0 Å². The molecule has 1 heterocycles. The molecule has 7 heteroatoms. The van der Waals surface area contributed by atoms with Crippen LogP contribution in [-0.4, -0.2) is 34.8 Å². The van der Waals surface area contributed by atoms with Crippen molar-refractivity contribution in [1.29, 1.82) is 0 Å². The van der Waals surface area contributed by atoms with Crippen LogP contribution >= 0.6 is 0 Å². The number of hydrogen-bond donors (Lipinski definition) is 2. The van der Waals surface area contributed by atoms with E-state index in [4.69, 9.17) is 10.5 Å². The highest BCUT2D eigenvalue weighted by Gasteiger charge is 2.32. The van der Waals surface area contributed by atoms with Gasteiger partial charge in [0.25, 0.3) is 0 Å². The van der Waals surface area contributed by atoms with Crippen molar-refractivity contribution in [3.63, 3.8) is 0 Å². The normalized spacial score (nSPS) is 26.4. The zero-order valence-corrected chi connectivity index (χ0v) is 11.7. The van der Waals surface area contributed by atoms with Crippen molar-refractivity contribution in [2.75, 3.05) is 6.61 Å². The van der Waals surface area contributed by atoms with Gasteiger partial charge in [0.05, 0.1) is 12.6 Å². The summed E-state index contributed by atoms with van der Waals surface area (Å²) in [4.78, 5) is 15.9. The lowest BCUT2D eigenvalue weighted by molar-refractivity contribution is -0.127. The molecule has 7 nitrogen and oxygen atoms in total. The van der Waals surface area contributed by atoms with Crippen molar-refractivity contribution in [2.24, 2.45) is 11.7 Å². The molecule has 0 bridgehead atoms. The van der Waals surface area contributed by atoms with Gasteiger partial charge in [-0.15, -0.1) is 0 Å². The standard InChI is InChI=1S/C13H22N4O3/c1-2-5-19-11-4-3-9(6-10(11)14)13(18)15-7-12-16-8-20-17-12/h8-11H,2-7,14H2,1H3,(H,15,18)/t9-,10+,11+/m0/s1. The number of nitrogens with two attached hydrogens (primary N) is 1. The molecule has 2 rings (SSSR count). The maximum absolute atomic E-state index is 12.1. The molecular formula is C13H22N4O3. The van der Waals surface area contributed by atoms with Crippen LogP contribution in [0.5, 0.6) is 0 Å². The monoisotopic (exact) mass is 282 g/mol. The molecule has 112 valence electrons. The first-order chi connectivity index (χ1) is 9.70. The molecule has 0 aromatic carbocycles. The smallest absolute Gasteiger partial charge is 0.223 e. The molecule has 0 aliphatic heterocycles. The number of nitrogens with one attached hydrogen (secondary N) is 1. The van der Waals surface area contributed by atoms with Crippen molar-refractivity contribution in [2.45, 2.75) is 51.3 Å². The van der Waals surface area contributed by atoms with Crippen molar-refractivity contribution in [3.05, 3.63) is 12.2 Å². The second-order valence-electron chi connectivity index (χ2n) is 5.15. The number of hydrogen-bond acceptors (Lipinski definition) is 6. The number of carbonyl (C=O) groups is 1. The Morgan fingerprint density at radius 1 is 1.60 bits per heavy atom. The summed E-state index contributed by atoms with van der Waals surface area (Å²) >= 11 is 0. The van der Waals surface area contributed by atoms with Gasteiger partial charge in [0.15, 0.2) is 5.82 Å². The van der Waals surface area contributed by atoms with Gasteiger partial charge in [0, 0.05) is 18.6 Å². The number of rotatable bonds is 6. The average molecular weight is 282 g/mol. The van der Waals surface area contributed by atoms with Crippen LogP contribution in [0.1, 0.15) is 38.4 Å². The van der Waals surface area contributed by atoms with Gasteiger partial charge in [0.2, 0.25) is 12.3 Å². The molecule has 1 fully saturated rings. The Balaban J connectivity index is 1.75. The van der Waals surface area contributed by atoms with E-state index in [0.717, 1.165) is 25.9 Å². The minimum absolute atomic E-state index is 0.000749. The SMILES string of the molecule is CCCO[C@@H]1CC[C@H](C(=O)NCc2ncon2)C[C@H]1N. The van der Waals surface area contributed by atoms with E-state index in [2.05, 4.69) is 26.9 Å². The van der Waals surface area contributed by atoms with Gasteiger partial charge in [-0.3, -0.25) is 4.79 Å². The lowest BCUT2D eigenvalue weighted by Crippen LogP contribution is -2.46. The topological polar surface area (TPSA) is 103 Å². The Bertz CT molecular complexity index is 410. The van der Waals surface area contributed by atoms with E-state index in [9.17, 15) is 4.79 Å². The van der Waals surface area contributed by atoms with Crippen LogP contribution < -0.4 is 11.1 Å². The predicted octanol–water partition coefficient (Wildman–Crippen LogP) is 0.608. The molecular weight excluding hydrogens is 260 g/mol. The summed E-state index contributed by atoms with van der Waals surface area (Å²) in [5, 5.41) is 6.46. The van der Waals surface area contributed by atoms with Crippen molar-refractivity contribution < 1.29 is 14.1 Å². The van der Waals surface area contributed by atoms with Crippen molar-refractivity contribution in [1.82, 2.24) is 15.5 Å². The Labute approximate surface area is 118 Å². The Kier molecular flexibility index (Phi) is 5.49. The zero-order valence-electron chi connectivity index (χ0n) is 11.7. The molecule has 0 unspecified atom stereocenters. The number of ether oxygens (including phenoxy) is 1. The van der Waals surface area contributed by atoms with Crippen molar-refractivity contribution in [3.8, 4) is 0 Å². The van der Waals surface area contributed by atoms with Gasteiger partial charge in [-0.05, 0) is 25.7 Å². The first-order valence-corrected chi connectivity index (χ1v) is 7.10. The van der Waals surface area contributed by atoms with Crippen molar-refractivity contribution >= 4 is 5.91 Å². The molecule has 1 aromatic rings. The predicted molar refractivity (Wildman–Crippen MR) is 71.5 cm³/mol. The molecule has 1 aliphatic rings. The van der Waals surface area contributed by atoms with E-state index < -0.39 is 0 Å². The molecule has 1 amide bonds. The molecule has 1 saturated carbocycles. The maximum Gasteiger partial charge on any atom is 0.223 e. The molecule has 3 N–H and O–H groups in total. The second kappa shape index (κ2) is 7.35. The fourth-order valence-electron chi connectivity index (χ4n) is 2.47. The Morgan fingerprint density at radius 3 is 3.10 bits per heavy atom. The lowest BCUT2D eigenvalue weighted by atomic mass is 9.83. The van der Waals surface area contributed by atoms with Crippen LogP contribution in [-0.2, 0) is 16.1 Å². The molecule has 3 atom stereocenters. The van der Waals surface area contributed by atoms with Crippen LogP contribution in [0.4, 0.5) is 0 Å². The summed E-state index contributed by atoms with van der Waals surface area (Å²) < 4.78 is 10.3. The zero-order chi connectivity index (χ0) is 14.4. The highest BCUT2D eigenvalue weighted by atomic mass is 16.5. The summed E-state index contributed by atoms with van der Waals surface area (Å²) in [5.41, 5.74) is 6.09. The fourth-order valence-corrected chi connectivity index (χ4v) is 2.47. The van der Waals surface area contributed by atoms with Gasteiger partial charge >= 0.3 is 0 Å². The molecule has 20 heavy (non-hydrogen) atoms. The summed E-state index contributed by atoms with van der Waals surface area (Å²) in [6, 6.07) is -0.0729. The number of nitrogens with zero attached hydrogens (tertiary/aromatic N) is 2. The molecule has 1 aromatic heterocycles. The third-order valence-electron chi connectivity index (χ3n) is 3.57. The van der Waals surface area contributed by atoms with Crippen LogP contribution in [0.15, 0.2) is 10.9 Å². The third kappa shape index (κ3) is 4.01. The molecule has 1 aliphatic carbocycles. The first-order valence-electron chi connectivity index (χ1n) is 7.10. The van der Waals surface area contributed by atoms with Crippen LogP contribution in [0, 0.1) is 5.92 Å². The number of carbonyl (C=O) groups excluding carboxylic acids is 1. The molecule has 0 radical (unpaired) electrons. The number of aromatic nitrogens is 2. The van der Waals surface area contributed by atoms with Crippen LogP contribution in [0.2, 0.25) is 0 Å². The summed E-state index contributed by atoms with van der Waals surface area (Å²) in [7, 11) is 0. The van der Waals surface area contributed by atoms with Gasteiger partial charge < -0.3 is 20.3 Å². The Hall–Kier alpha value is -1.47. The summed E-state index contributed by atoms with van der Waals surface area (Å²) in [6.45, 7) is 3.09. The number of amides is 1. The van der Waals surface area contributed by atoms with E-state index in [1.807, 2.05) is 0 Å². The first kappa shape index (κ1) is 14.9. The lowest BCUT2D eigenvalue weighted by Gasteiger charge is -2.33. The minimum atomic E-state index is -0.0729. The second-order valence-corrected chi connectivity index (χ2v) is 5.15. The summed E-state index contributed by atoms with van der Waals surface area (Å²) in [6.07, 6.45) is 4.61. The van der Waals surface area contributed by atoms with E-state index in [1.165, 1.54) is 6.39 Å². The molecule has 0 spiro atoms. The van der Waals surface area contributed by atoms with Crippen LogP contribution in [0.25, 0.3) is 0 Å². The van der Waals surface area contributed by atoms with Gasteiger partial charge in [-0.1, -0.05) is 12.1 Å². The summed E-state index contributed by atoms with van der Waals surface area (Å²) in [5.74, 6) is 0.417. The molecule has 0 saturated heterocycles. The highest BCUT2D eigenvalue weighted by molar-refractivity contribution is 5.78. The van der Waals surface area contributed by atoms with Gasteiger partial charge in [0.1, 0.15) is 0 Å². The third-order valence-corrected chi connectivity index (χ3v) is 3.57. The fraction of sp³-hybridized carbons (Fsp3) is 0.769. The van der Waals surface area contributed by atoms with Crippen LogP contribution in [0.3, 0.4) is 0 Å². The van der Waals surface area contributed by atoms with Gasteiger partial charge in [-0.25, -0.2) is 0 Å². The minimum Gasteiger partial charge on any atom is -0.377 e. The highest BCUT2D eigenvalue weighted by Crippen LogP contribution is 2.26. The van der Waals surface area contributed by atoms with E-state index in [1.54, 1.807) is 0 Å². The quantitative estimate of drug-likeness (QED) is 0.792.